The highest BCUT2D eigenvalue weighted by molar-refractivity contribution is 9.10. The van der Waals surface area contributed by atoms with Gasteiger partial charge in [-0.1, -0.05) is 15.9 Å². The van der Waals surface area contributed by atoms with Crippen molar-refractivity contribution >= 4 is 21.8 Å². The monoisotopic (exact) mass is 363 g/mol. The van der Waals surface area contributed by atoms with Crippen LogP contribution in [0.15, 0.2) is 47.1 Å². The van der Waals surface area contributed by atoms with Crippen LogP contribution in [-0.2, 0) is 0 Å². The first kappa shape index (κ1) is 16.5. The van der Waals surface area contributed by atoms with Crippen LogP contribution >= 0.6 is 15.9 Å². The Morgan fingerprint density at radius 1 is 1.27 bits per heavy atom. The van der Waals surface area contributed by atoms with Crippen molar-refractivity contribution in [2.45, 2.75) is 13.0 Å². The number of hydrogen-bond donors (Lipinski definition) is 2. The molecular weight excluding hydrogens is 346 g/mol. The summed E-state index contributed by atoms with van der Waals surface area (Å²) in [5, 5.41) is 5.90. The van der Waals surface area contributed by atoms with Gasteiger partial charge in [-0.05, 0) is 44.3 Å². The van der Waals surface area contributed by atoms with Gasteiger partial charge >= 0.3 is 0 Å². The fourth-order valence-corrected chi connectivity index (χ4v) is 1.91. The number of amides is 1. The molecule has 0 radical (unpaired) electrons. The summed E-state index contributed by atoms with van der Waals surface area (Å²) in [4.78, 5) is 16.1. The van der Waals surface area contributed by atoms with Gasteiger partial charge in [-0.15, -0.1) is 0 Å². The predicted molar refractivity (Wildman–Crippen MR) is 89.3 cm³/mol. The average Bonchev–Trinajstić information content (AvgIpc) is 2.55. The van der Waals surface area contributed by atoms with Gasteiger partial charge in [0, 0.05) is 29.3 Å². The summed E-state index contributed by atoms with van der Waals surface area (Å²) < 4.78 is 6.59. The predicted octanol–water partition coefficient (Wildman–Crippen LogP) is 2.97. The third-order valence-electron chi connectivity index (χ3n) is 3.10. The number of nitrogens with one attached hydrogen (secondary N) is 2. The number of aromatic nitrogens is 1. The molecule has 0 aliphatic heterocycles. The van der Waals surface area contributed by atoms with Gasteiger partial charge in [0.1, 0.15) is 5.75 Å². The van der Waals surface area contributed by atoms with E-state index in [-0.39, 0.29) is 11.9 Å². The molecule has 0 aliphatic rings. The van der Waals surface area contributed by atoms with E-state index in [1.54, 1.807) is 12.1 Å². The van der Waals surface area contributed by atoms with Crippen LogP contribution in [0.4, 0.5) is 0 Å². The van der Waals surface area contributed by atoms with Crippen molar-refractivity contribution in [1.82, 2.24) is 15.6 Å². The molecule has 0 bridgehead atoms. The van der Waals surface area contributed by atoms with Crippen LogP contribution in [-0.4, -0.2) is 30.5 Å². The lowest BCUT2D eigenvalue weighted by molar-refractivity contribution is 0.0950. The molecular formula is C16H18BrN3O2. The van der Waals surface area contributed by atoms with E-state index in [1.807, 2.05) is 38.2 Å². The summed E-state index contributed by atoms with van der Waals surface area (Å²) in [6.45, 7) is 2.56. The summed E-state index contributed by atoms with van der Waals surface area (Å²) in [6, 6.07) is 11.0. The summed E-state index contributed by atoms with van der Waals surface area (Å²) in [6.07, 6.45) is 1.51. The van der Waals surface area contributed by atoms with Crippen LogP contribution in [0.2, 0.25) is 0 Å². The smallest absolute Gasteiger partial charge is 0.252 e. The second-order valence-electron chi connectivity index (χ2n) is 4.84. The minimum Gasteiger partial charge on any atom is -0.439 e. The highest BCUT2D eigenvalue weighted by Gasteiger charge is 2.08. The molecule has 1 unspecified atom stereocenters. The minimum atomic E-state index is -0.148. The molecule has 5 nitrogen and oxygen atoms in total. The zero-order valence-electron chi connectivity index (χ0n) is 12.5. The number of carbonyl (C=O) groups excluding carboxylic acids is 1. The van der Waals surface area contributed by atoms with Crippen molar-refractivity contribution in [3.63, 3.8) is 0 Å². The van der Waals surface area contributed by atoms with Crippen LogP contribution < -0.4 is 15.4 Å². The number of nitrogens with zero attached hydrogens (tertiary/aromatic N) is 1. The maximum atomic E-state index is 11.9. The highest BCUT2D eigenvalue weighted by atomic mass is 79.9. The molecule has 1 amide bonds. The molecule has 22 heavy (non-hydrogen) atoms. The van der Waals surface area contributed by atoms with Crippen LogP contribution in [0.5, 0.6) is 11.6 Å². The Labute approximate surface area is 138 Å². The number of rotatable bonds is 6. The number of halogens is 1. The van der Waals surface area contributed by atoms with E-state index in [9.17, 15) is 4.79 Å². The van der Waals surface area contributed by atoms with Crippen LogP contribution in [0.1, 0.15) is 17.3 Å². The zero-order chi connectivity index (χ0) is 15.9. The number of likely N-dealkylation sites (N-methyl/N-ethyl adjacent to an activating group) is 1. The van der Waals surface area contributed by atoms with E-state index in [0.29, 0.717) is 23.7 Å². The van der Waals surface area contributed by atoms with Crippen molar-refractivity contribution in [2.24, 2.45) is 0 Å². The lowest BCUT2D eigenvalue weighted by Crippen LogP contribution is -2.37. The van der Waals surface area contributed by atoms with E-state index >= 15 is 0 Å². The van der Waals surface area contributed by atoms with Gasteiger partial charge in [-0.2, -0.15) is 0 Å². The van der Waals surface area contributed by atoms with E-state index in [4.69, 9.17) is 4.74 Å². The number of pyridine rings is 1. The van der Waals surface area contributed by atoms with E-state index in [2.05, 4.69) is 31.5 Å². The van der Waals surface area contributed by atoms with E-state index in [1.165, 1.54) is 6.20 Å². The molecule has 2 rings (SSSR count). The molecule has 1 atom stereocenters. The Kier molecular flexibility index (Phi) is 5.91. The Morgan fingerprint density at radius 3 is 2.59 bits per heavy atom. The van der Waals surface area contributed by atoms with Gasteiger partial charge in [0.15, 0.2) is 0 Å². The molecule has 0 saturated heterocycles. The molecule has 0 spiro atoms. The first-order valence-electron chi connectivity index (χ1n) is 6.93. The SMILES string of the molecule is CNC(C)CNC(=O)c1ccc(Oc2ccc(Br)cc2)nc1. The maximum absolute atomic E-state index is 11.9. The van der Waals surface area contributed by atoms with Crippen molar-refractivity contribution in [3.05, 3.63) is 52.6 Å². The van der Waals surface area contributed by atoms with Gasteiger partial charge in [0.05, 0.1) is 5.56 Å². The molecule has 1 aromatic heterocycles. The fraction of sp³-hybridized carbons (Fsp3) is 0.250. The first-order valence-corrected chi connectivity index (χ1v) is 7.72. The zero-order valence-corrected chi connectivity index (χ0v) is 14.1. The third-order valence-corrected chi connectivity index (χ3v) is 3.62. The lowest BCUT2D eigenvalue weighted by atomic mass is 10.2. The molecule has 1 heterocycles. The normalized spacial score (nSPS) is 11.8. The van der Waals surface area contributed by atoms with Gasteiger partial charge in [-0.3, -0.25) is 4.79 Å². The quantitative estimate of drug-likeness (QED) is 0.827. The van der Waals surface area contributed by atoms with Crippen LogP contribution in [0.3, 0.4) is 0 Å². The standard InChI is InChI=1S/C16H18BrN3O2/c1-11(18-2)9-20-16(21)12-3-8-15(19-10-12)22-14-6-4-13(17)5-7-14/h3-8,10-11,18H,9H2,1-2H3,(H,20,21). The maximum Gasteiger partial charge on any atom is 0.252 e. The minimum absolute atomic E-state index is 0.148. The van der Waals surface area contributed by atoms with Crippen molar-refractivity contribution in [1.29, 1.82) is 0 Å². The Bertz CT molecular complexity index is 614. The largest absolute Gasteiger partial charge is 0.439 e. The van der Waals surface area contributed by atoms with Gasteiger partial charge in [0.2, 0.25) is 5.88 Å². The lowest BCUT2D eigenvalue weighted by Gasteiger charge is -2.11. The van der Waals surface area contributed by atoms with Gasteiger partial charge < -0.3 is 15.4 Å². The Hall–Kier alpha value is -1.92. The second kappa shape index (κ2) is 7.91. The summed E-state index contributed by atoms with van der Waals surface area (Å²) in [5.41, 5.74) is 0.506. The van der Waals surface area contributed by atoms with Crippen LogP contribution in [0.25, 0.3) is 0 Å². The number of carbonyl (C=O) groups is 1. The van der Waals surface area contributed by atoms with Crippen molar-refractivity contribution < 1.29 is 9.53 Å². The molecule has 0 saturated carbocycles. The van der Waals surface area contributed by atoms with E-state index < -0.39 is 0 Å². The molecule has 116 valence electrons. The number of ether oxygens (including phenoxy) is 1. The Balaban J connectivity index is 1.95. The van der Waals surface area contributed by atoms with Crippen molar-refractivity contribution in [3.8, 4) is 11.6 Å². The van der Waals surface area contributed by atoms with Gasteiger partial charge in [0.25, 0.3) is 5.91 Å². The molecule has 0 fully saturated rings. The summed E-state index contributed by atoms with van der Waals surface area (Å²) in [5.74, 6) is 0.989. The molecule has 1 aromatic carbocycles. The summed E-state index contributed by atoms with van der Waals surface area (Å²) in [7, 11) is 1.85. The molecule has 2 N–H and O–H groups in total. The average molecular weight is 364 g/mol. The van der Waals surface area contributed by atoms with Crippen molar-refractivity contribution in [2.75, 3.05) is 13.6 Å². The third kappa shape index (κ3) is 4.82. The fourth-order valence-electron chi connectivity index (χ4n) is 1.65. The number of benzene rings is 1. The topological polar surface area (TPSA) is 63.2 Å². The molecule has 6 heteroatoms. The first-order chi connectivity index (χ1) is 10.6. The van der Waals surface area contributed by atoms with Gasteiger partial charge in [-0.25, -0.2) is 4.98 Å². The second-order valence-corrected chi connectivity index (χ2v) is 5.76. The summed E-state index contributed by atoms with van der Waals surface area (Å²) >= 11 is 3.37. The Morgan fingerprint density at radius 2 is 2.00 bits per heavy atom. The highest BCUT2D eigenvalue weighted by Crippen LogP contribution is 2.21. The molecule has 2 aromatic rings. The van der Waals surface area contributed by atoms with E-state index in [0.717, 1.165) is 4.47 Å². The molecule has 0 aliphatic carbocycles. The number of hydrogen-bond acceptors (Lipinski definition) is 4. The van der Waals surface area contributed by atoms with Crippen LogP contribution in [0, 0.1) is 0 Å².